The molecular formula is C7H13NO2. The summed E-state index contributed by atoms with van der Waals surface area (Å²) < 4.78 is 4.86. The Balaban J connectivity index is 2.33. The highest BCUT2D eigenvalue weighted by molar-refractivity contribution is 5.64. The van der Waals surface area contributed by atoms with Gasteiger partial charge in [-0.3, -0.25) is 0 Å². The van der Waals surface area contributed by atoms with Crippen LogP contribution in [0.4, 0.5) is 4.79 Å². The normalized spacial score (nSPS) is 32.1. The summed E-state index contributed by atoms with van der Waals surface area (Å²) in [5, 5.41) is 0. The third-order valence-electron chi connectivity index (χ3n) is 2.05. The fourth-order valence-electron chi connectivity index (χ4n) is 1.44. The van der Waals surface area contributed by atoms with E-state index in [1.165, 1.54) is 0 Å². The van der Waals surface area contributed by atoms with Crippen molar-refractivity contribution in [1.29, 1.82) is 0 Å². The number of rotatable bonds is 1. The molecule has 0 radical (unpaired) electrons. The number of ether oxygens (including phenoxy) is 1. The van der Waals surface area contributed by atoms with E-state index in [0.717, 1.165) is 19.3 Å². The minimum Gasteiger partial charge on any atom is -0.446 e. The van der Waals surface area contributed by atoms with Gasteiger partial charge in [-0.15, -0.1) is 0 Å². The van der Waals surface area contributed by atoms with E-state index in [2.05, 4.69) is 6.92 Å². The van der Waals surface area contributed by atoms with Crippen molar-refractivity contribution in [2.24, 2.45) is 11.7 Å². The van der Waals surface area contributed by atoms with E-state index in [-0.39, 0.29) is 6.10 Å². The molecule has 3 heteroatoms. The maximum absolute atomic E-state index is 10.3. The molecule has 2 atom stereocenters. The molecule has 0 unspecified atom stereocenters. The Kier molecular flexibility index (Phi) is 2.14. The number of carbonyl (C=O) groups excluding carboxylic acids is 1. The first kappa shape index (κ1) is 7.38. The molecule has 1 saturated carbocycles. The van der Waals surface area contributed by atoms with Crippen molar-refractivity contribution in [2.75, 3.05) is 0 Å². The van der Waals surface area contributed by atoms with Crippen LogP contribution in [0.25, 0.3) is 0 Å². The Morgan fingerprint density at radius 3 is 2.70 bits per heavy atom. The molecular weight excluding hydrogens is 130 g/mol. The van der Waals surface area contributed by atoms with Gasteiger partial charge in [0.1, 0.15) is 6.10 Å². The molecule has 2 N–H and O–H groups in total. The topological polar surface area (TPSA) is 52.3 Å². The molecule has 10 heavy (non-hydrogen) atoms. The first-order chi connectivity index (χ1) is 4.70. The van der Waals surface area contributed by atoms with Crippen LogP contribution in [0, 0.1) is 5.92 Å². The number of nitrogens with two attached hydrogens (primary N) is 1. The van der Waals surface area contributed by atoms with Crippen molar-refractivity contribution >= 4 is 6.09 Å². The standard InChI is InChI=1S/C7H13NO2/c1-5-3-2-4-6(5)10-7(8)9/h5-6H,2-4H2,1H3,(H2,8,9)/t5-,6+/m1/s1. The fraction of sp³-hybridized carbons (Fsp3) is 0.857. The molecule has 1 aliphatic rings. The van der Waals surface area contributed by atoms with Gasteiger partial charge in [0.05, 0.1) is 0 Å². The summed E-state index contributed by atoms with van der Waals surface area (Å²) in [6.07, 6.45) is 2.72. The zero-order valence-corrected chi connectivity index (χ0v) is 6.17. The van der Waals surface area contributed by atoms with Crippen LogP contribution in [0.2, 0.25) is 0 Å². The number of amides is 1. The van der Waals surface area contributed by atoms with Gasteiger partial charge in [-0.2, -0.15) is 0 Å². The van der Waals surface area contributed by atoms with Crippen LogP contribution in [0.15, 0.2) is 0 Å². The molecule has 1 fully saturated rings. The number of hydrogen-bond acceptors (Lipinski definition) is 2. The second-order valence-corrected chi connectivity index (χ2v) is 2.88. The van der Waals surface area contributed by atoms with E-state index in [1.807, 2.05) is 0 Å². The van der Waals surface area contributed by atoms with Gasteiger partial charge < -0.3 is 10.5 Å². The van der Waals surface area contributed by atoms with Gasteiger partial charge in [0, 0.05) is 0 Å². The molecule has 1 amide bonds. The maximum Gasteiger partial charge on any atom is 0.404 e. The fourth-order valence-corrected chi connectivity index (χ4v) is 1.44. The van der Waals surface area contributed by atoms with Crippen LogP contribution in [-0.4, -0.2) is 12.2 Å². The van der Waals surface area contributed by atoms with Crippen molar-refractivity contribution in [1.82, 2.24) is 0 Å². The van der Waals surface area contributed by atoms with Crippen LogP contribution >= 0.6 is 0 Å². The van der Waals surface area contributed by atoms with Gasteiger partial charge in [-0.05, 0) is 25.2 Å². The molecule has 1 rings (SSSR count). The summed E-state index contributed by atoms with van der Waals surface area (Å²) in [7, 11) is 0. The average Bonchev–Trinajstić information content (AvgIpc) is 2.15. The molecule has 1 aliphatic carbocycles. The SMILES string of the molecule is C[C@@H]1CCC[C@@H]1OC(N)=O. The van der Waals surface area contributed by atoms with Gasteiger partial charge in [-0.1, -0.05) is 6.92 Å². The first-order valence-corrected chi connectivity index (χ1v) is 3.66. The zero-order chi connectivity index (χ0) is 7.56. The maximum atomic E-state index is 10.3. The molecule has 0 saturated heterocycles. The van der Waals surface area contributed by atoms with Gasteiger partial charge in [0.15, 0.2) is 0 Å². The highest BCUT2D eigenvalue weighted by atomic mass is 16.6. The third-order valence-corrected chi connectivity index (χ3v) is 2.05. The monoisotopic (exact) mass is 143 g/mol. The van der Waals surface area contributed by atoms with Gasteiger partial charge in [0.2, 0.25) is 0 Å². The van der Waals surface area contributed by atoms with Crippen LogP contribution in [0.1, 0.15) is 26.2 Å². The Morgan fingerprint density at radius 2 is 2.30 bits per heavy atom. The second-order valence-electron chi connectivity index (χ2n) is 2.88. The van der Waals surface area contributed by atoms with Crippen LogP contribution in [-0.2, 0) is 4.74 Å². The summed E-state index contributed by atoms with van der Waals surface area (Å²) >= 11 is 0. The van der Waals surface area contributed by atoms with Crippen molar-refractivity contribution in [3.8, 4) is 0 Å². The Morgan fingerprint density at radius 1 is 1.60 bits per heavy atom. The summed E-state index contributed by atoms with van der Waals surface area (Å²) in [4.78, 5) is 10.3. The van der Waals surface area contributed by atoms with Gasteiger partial charge >= 0.3 is 6.09 Å². The summed E-state index contributed by atoms with van der Waals surface area (Å²) in [5.41, 5.74) is 4.87. The second kappa shape index (κ2) is 2.90. The summed E-state index contributed by atoms with van der Waals surface area (Å²) in [6.45, 7) is 2.08. The van der Waals surface area contributed by atoms with E-state index in [1.54, 1.807) is 0 Å². The Labute approximate surface area is 60.5 Å². The summed E-state index contributed by atoms with van der Waals surface area (Å²) in [5.74, 6) is 0.493. The van der Waals surface area contributed by atoms with Crippen molar-refractivity contribution in [2.45, 2.75) is 32.3 Å². The lowest BCUT2D eigenvalue weighted by Crippen LogP contribution is -2.24. The predicted octanol–water partition coefficient (Wildman–Crippen LogP) is 1.27. The zero-order valence-electron chi connectivity index (χ0n) is 6.17. The summed E-state index contributed by atoms with van der Waals surface area (Å²) in [6, 6.07) is 0. The van der Waals surface area contributed by atoms with Crippen molar-refractivity contribution in [3.05, 3.63) is 0 Å². The lowest BCUT2D eigenvalue weighted by atomic mass is 10.1. The third kappa shape index (κ3) is 1.62. The minimum atomic E-state index is -0.640. The van der Waals surface area contributed by atoms with E-state index in [0.29, 0.717) is 5.92 Å². The van der Waals surface area contributed by atoms with E-state index in [9.17, 15) is 4.79 Å². The highest BCUT2D eigenvalue weighted by Crippen LogP contribution is 2.27. The van der Waals surface area contributed by atoms with E-state index >= 15 is 0 Å². The molecule has 3 nitrogen and oxygen atoms in total. The molecule has 0 spiro atoms. The molecule has 58 valence electrons. The smallest absolute Gasteiger partial charge is 0.404 e. The first-order valence-electron chi connectivity index (χ1n) is 3.66. The minimum absolute atomic E-state index is 0.0810. The molecule has 0 bridgehead atoms. The molecule has 0 aliphatic heterocycles. The highest BCUT2D eigenvalue weighted by Gasteiger charge is 2.25. The van der Waals surface area contributed by atoms with Crippen LogP contribution in [0.5, 0.6) is 0 Å². The average molecular weight is 143 g/mol. The number of carbonyl (C=O) groups is 1. The van der Waals surface area contributed by atoms with Crippen LogP contribution < -0.4 is 5.73 Å². The largest absolute Gasteiger partial charge is 0.446 e. The van der Waals surface area contributed by atoms with Crippen LogP contribution in [0.3, 0.4) is 0 Å². The Hall–Kier alpha value is -0.730. The van der Waals surface area contributed by atoms with Crippen molar-refractivity contribution < 1.29 is 9.53 Å². The molecule has 0 heterocycles. The molecule has 0 aromatic heterocycles. The van der Waals surface area contributed by atoms with E-state index in [4.69, 9.17) is 10.5 Å². The molecule has 0 aromatic carbocycles. The van der Waals surface area contributed by atoms with E-state index < -0.39 is 6.09 Å². The lowest BCUT2D eigenvalue weighted by molar-refractivity contribution is 0.0880. The molecule has 0 aromatic rings. The number of hydrogen-bond donors (Lipinski definition) is 1. The van der Waals surface area contributed by atoms with Gasteiger partial charge in [0.25, 0.3) is 0 Å². The quantitative estimate of drug-likeness (QED) is 0.601. The van der Waals surface area contributed by atoms with Crippen molar-refractivity contribution in [3.63, 3.8) is 0 Å². The van der Waals surface area contributed by atoms with Gasteiger partial charge in [-0.25, -0.2) is 4.79 Å². The number of primary amides is 1. The predicted molar refractivity (Wildman–Crippen MR) is 37.5 cm³/mol. The Bertz CT molecular complexity index is 136. The lowest BCUT2D eigenvalue weighted by Gasteiger charge is -2.13.